The Hall–Kier alpha value is -3.88. The Labute approximate surface area is 200 Å². The molecule has 1 aliphatic heterocycles. The van der Waals surface area contributed by atoms with E-state index in [2.05, 4.69) is 5.32 Å². The number of carbonyl (C=O) groups is 2. The summed E-state index contributed by atoms with van der Waals surface area (Å²) >= 11 is 0. The van der Waals surface area contributed by atoms with Gasteiger partial charge in [-0.2, -0.15) is 0 Å². The van der Waals surface area contributed by atoms with Gasteiger partial charge in [-0.05, 0) is 38.3 Å². The smallest absolute Gasteiger partial charge is 0.408 e. The number of nitrogens with zero attached hydrogens (tertiary/aromatic N) is 1. The maximum Gasteiger partial charge on any atom is 0.408 e. The molecule has 0 radical (unpaired) electrons. The SMILES string of the molecule is CCOC(=O)c1cn2c3c(c(C4(NC(=O)OCc5ccccc5)CC4)c(F)cc3c1=O)OC[C@@H]2C. The van der Waals surface area contributed by atoms with Crippen LogP contribution in [0.25, 0.3) is 10.9 Å². The third-order valence-corrected chi connectivity index (χ3v) is 6.44. The summed E-state index contributed by atoms with van der Waals surface area (Å²) in [6.45, 7) is 3.92. The van der Waals surface area contributed by atoms with Crippen LogP contribution in [-0.4, -0.2) is 29.8 Å². The number of benzene rings is 2. The summed E-state index contributed by atoms with van der Waals surface area (Å²) in [5.74, 6) is -1.24. The predicted octanol–water partition coefficient (Wildman–Crippen LogP) is 4.19. The number of hydrogen-bond acceptors (Lipinski definition) is 6. The maximum atomic E-state index is 15.6. The highest BCUT2D eigenvalue weighted by Crippen LogP contribution is 2.52. The monoisotopic (exact) mass is 480 g/mol. The Balaban J connectivity index is 1.54. The number of alkyl carbamates (subject to hydrolysis) is 1. The van der Waals surface area contributed by atoms with Crippen LogP contribution in [0, 0.1) is 5.82 Å². The highest BCUT2D eigenvalue weighted by Gasteiger charge is 2.51. The molecule has 1 aliphatic carbocycles. The lowest BCUT2D eigenvalue weighted by molar-refractivity contribution is 0.0523. The molecule has 1 N–H and O–H groups in total. The third-order valence-electron chi connectivity index (χ3n) is 6.44. The lowest BCUT2D eigenvalue weighted by atomic mass is 9.97. The number of halogens is 1. The minimum atomic E-state index is -0.997. The van der Waals surface area contributed by atoms with Crippen molar-refractivity contribution in [3.63, 3.8) is 0 Å². The standard InChI is InChI=1S/C26H25FN2O6/c1-3-33-24(31)18-12-29-15(2)13-34-23-20(19(27)11-17(21(23)29)22(18)30)26(9-10-26)28-25(32)35-14-16-7-5-4-6-8-16/h4-8,11-12,15H,3,9-10,13-14H2,1-2H3,(H,28,32)/t15-/m0/s1. The molecule has 35 heavy (non-hydrogen) atoms. The summed E-state index contributed by atoms with van der Waals surface area (Å²) in [7, 11) is 0. The molecule has 1 aromatic heterocycles. The van der Waals surface area contributed by atoms with Crippen molar-refractivity contribution in [2.24, 2.45) is 0 Å². The number of amides is 1. The molecule has 0 spiro atoms. The summed E-state index contributed by atoms with van der Waals surface area (Å²) in [4.78, 5) is 38.1. The van der Waals surface area contributed by atoms with E-state index in [0.717, 1.165) is 11.6 Å². The van der Waals surface area contributed by atoms with Crippen molar-refractivity contribution < 1.29 is 28.2 Å². The van der Waals surface area contributed by atoms with Crippen LogP contribution in [-0.2, 0) is 21.6 Å². The van der Waals surface area contributed by atoms with Crippen LogP contribution < -0.4 is 15.5 Å². The van der Waals surface area contributed by atoms with E-state index >= 15 is 4.39 Å². The number of ether oxygens (including phenoxy) is 3. The molecule has 1 amide bonds. The number of esters is 1. The molecule has 5 rings (SSSR count). The zero-order valence-corrected chi connectivity index (χ0v) is 19.4. The van der Waals surface area contributed by atoms with Crippen LogP contribution in [0.5, 0.6) is 5.75 Å². The molecule has 1 fully saturated rings. The molecular weight excluding hydrogens is 455 g/mol. The normalized spacial score (nSPS) is 17.4. The van der Waals surface area contributed by atoms with Gasteiger partial charge in [-0.1, -0.05) is 30.3 Å². The topological polar surface area (TPSA) is 95.9 Å². The first kappa shape index (κ1) is 22.9. The van der Waals surface area contributed by atoms with Gasteiger partial charge in [0.2, 0.25) is 5.43 Å². The van der Waals surface area contributed by atoms with E-state index in [0.29, 0.717) is 18.4 Å². The Morgan fingerprint density at radius 1 is 1.23 bits per heavy atom. The summed E-state index contributed by atoms with van der Waals surface area (Å²) < 4.78 is 33.6. The van der Waals surface area contributed by atoms with Gasteiger partial charge in [-0.25, -0.2) is 14.0 Å². The van der Waals surface area contributed by atoms with Crippen molar-refractivity contribution in [1.82, 2.24) is 9.88 Å². The molecule has 2 heterocycles. The summed E-state index contributed by atoms with van der Waals surface area (Å²) in [6, 6.07) is 10.1. The highest BCUT2D eigenvalue weighted by atomic mass is 19.1. The predicted molar refractivity (Wildman–Crippen MR) is 125 cm³/mol. The van der Waals surface area contributed by atoms with Gasteiger partial charge in [0.15, 0.2) is 5.75 Å². The zero-order chi connectivity index (χ0) is 24.7. The molecule has 2 aliphatic rings. The fraction of sp³-hybridized carbons (Fsp3) is 0.346. The van der Waals surface area contributed by atoms with E-state index in [1.165, 1.54) is 6.20 Å². The second-order valence-corrected chi connectivity index (χ2v) is 8.89. The Morgan fingerprint density at radius 3 is 2.66 bits per heavy atom. The number of rotatable bonds is 6. The quantitative estimate of drug-likeness (QED) is 0.532. The van der Waals surface area contributed by atoms with E-state index in [1.54, 1.807) is 11.5 Å². The molecule has 1 saturated carbocycles. The minimum Gasteiger partial charge on any atom is -0.489 e. The lowest BCUT2D eigenvalue weighted by Gasteiger charge is -2.31. The molecule has 0 bridgehead atoms. The van der Waals surface area contributed by atoms with E-state index in [1.807, 2.05) is 37.3 Å². The molecule has 8 nitrogen and oxygen atoms in total. The molecule has 2 aromatic carbocycles. The second-order valence-electron chi connectivity index (χ2n) is 8.89. The van der Waals surface area contributed by atoms with Crippen molar-refractivity contribution in [3.05, 3.63) is 75.3 Å². The first-order valence-corrected chi connectivity index (χ1v) is 11.5. The maximum absolute atomic E-state index is 15.6. The van der Waals surface area contributed by atoms with Gasteiger partial charge in [0.25, 0.3) is 0 Å². The van der Waals surface area contributed by atoms with Gasteiger partial charge in [0, 0.05) is 6.20 Å². The van der Waals surface area contributed by atoms with Gasteiger partial charge >= 0.3 is 12.1 Å². The van der Waals surface area contributed by atoms with Crippen molar-refractivity contribution in [1.29, 1.82) is 0 Å². The Morgan fingerprint density at radius 2 is 1.97 bits per heavy atom. The summed E-state index contributed by atoms with van der Waals surface area (Å²) in [6.07, 6.45) is 1.76. The molecular formula is C26H25FN2O6. The first-order valence-electron chi connectivity index (χ1n) is 11.5. The molecule has 1 atom stereocenters. The van der Waals surface area contributed by atoms with Crippen LogP contribution in [0.15, 0.2) is 47.4 Å². The highest BCUT2D eigenvalue weighted by molar-refractivity contribution is 5.96. The Kier molecular flexibility index (Phi) is 5.70. The number of aromatic nitrogens is 1. The van der Waals surface area contributed by atoms with Crippen LogP contribution in [0.4, 0.5) is 9.18 Å². The third kappa shape index (κ3) is 4.00. The fourth-order valence-corrected chi connectivity index (χ4v) is 4.54. The second kappa shape index (κ2) is 8.72. The molecule has 0 saturated heterocycles. The van der Waals surface area contributed by atoms with Crippen molar-refractivity contribution in [2.45, 2.75) is 44.9 Å². The van der Waals surface area contributed by atoms with Gasteiger partial charge in [-0.15, -0.1) is 0 Å². The van der Waals surface area contributed by atoms with E-state index in [4.69, 9.17) is 14.2 Å². The largest absolute Gasteiger partial charge is 0.489 e. The summed E-state index contributed by atoms with van der Waals surface area (Å²) in [5, 5.41) is 2.84. The van der Waals surface area contributed by atoms with Crippen molar-refractivity contribution >= 4 is 23.0 Å². The van der Waals surface area contributed by atoms with Crippen LogP contribution in [0.2, 0.25) is 0 Å². The van der Waals surface area contributed by atoms with E-state index < -0.39 is 28.8 Å². The number of nitrogens with one attached hydrogen (secondary N) is 1. The van der Waals surface area contributed by atoms with Crippen molar-refractivity contribution in [2.75, 3.05) is 13.2 Å². The van der Waals surface area contributed by atoms with E-state index in [-0.39, 0.29) is 48.1 Å². The summed E-state index contributed by atoms with van der Waals surface area (Å²) in [5.41, 5.74) is -0.371. The van der Waals surface area contributed by atoms with Crippen LogP contribution >= 0.6 is 0 Å². The minimum absolute atomic E-state index is 0.0285. The molecule has 9 heteroatoms. The first-order chi connectivity index (χ1) is 16.8. The lowest BCUT2D eigenvalue weighted by Crippen LogP contribution is -2.37. The van der Waals surface area contributed by atoms with Gasteiger partial charge in [0.1, 0.15) is 24.6 Å². The number of hydrogen-bond donors (Lipinski definition) is 1. The number of carbonyl (C=O) groups excluding carboxylic acids is 2. The molecule has 3 aromatic rings. The fourth-order valence-electron chi connectivity index (χ4n) is 4.54. The average Bonchev–Trinajstić information content (AvgIpc) is 3.61. The van der Waals surface area contributed by atoms with Crippen LogP contribution in [0.3, 0.4) is 0 Å². The van der Waals surface area contributed by atoms with Gasteiger partial charge < -0.3 is 24.1 Å². The van der Waals surface area contributed by atoms with Crippen LogP contribution in [0.1, 0.15) is 54.2 Å². The molecule has 182 valence electrons. The average molecular weight is 480 g/mol. The Bertz CT molecular complexity index is 1380. The van der Waals surface area contributed by atoms with Gasteiger partial charge in [-0.3, -0.25) is 4.79 Å². The van der Waals surface area contributed by atoms with E-state index in [9.17, 15) is 14.4 Å². The van der Waals surface area contributed by atoms with Gasteiger partial charge in [0.05, 0.1) is 34.7 Å². The molecule has 0 unspecified atom stereocenters. The number of pyridine rings is 1. The van der Waals surface area contributed by atoms with Crippen molar-refractivity contribution in [3.8, 4) is 5.75 Å². The zero-order valence-electron chi connectivity index (χ0n) is 19.4.